The van der Waals surface area contributed by atoms with E-state index in [9.17, 15) is 0 Å². The Kier molecular flexibility index (Phi) is 4.05. The third kappa shape index (κ3) is 3.14. The van der Waals surface area contributed by atoms with Crippen LogP contribution in [0.25, 0.3) is 11.0 Å². The van der Waals surface area contributed by atoms with Crippen molar-refractivity contribution in [3.05, 3.63) is 35.6 Å². The van der Waals surface area contributed by atoms with Gasteiger partial charge in [0.15, 0.2) is 0 Å². The third-order valence-electron chi connectivity index (χ3n) is 4.71. The quantitative estimate of drug-likeness (QED) is 0.927. The lowest BCUT2D eigenvalue weighted by Crippen LogP contribution is -2.36. The second-order valence-corrected chi connectivity index (χ2v) is 6.97. The van der Waals surface area contributed by atoms with Crippen LogP contribution in [0.3, 0.4) is 0 Å². The predicted molar refractivity (Wildman–Crippen MR) is 87.3 cm³/mol. The summed E-state index contributed by atoms with van der Waals surface area (Å²) in [6.45, 7) is 8.88. The summed E-state index contributed by atoms with van der Waals surface area (Å²) in [5.41, 5.74) is 2.83. The SMILES string of the molecule is CNCc1c(CN2CCC(C)(C)CC2)oc2ccccc12. The van der Waals surface area contributed by atoms with Gasteiger partial charge in [-0.2, -0.15) is 0 Å². The van der Waals surface area contributed by atoms with Crippen LogP contribution in [-0.4, -0.2) is 25.0 Å². The van der Waals surface area contributed by atoms with Crippen LogP contribution in [0.2, 0.25) is 0 Å². The van der Waals surface area contributed by atoms with Gasteiger partial charge in [-0.1, -0.05) is 32.0 Å². The highest BCUT2D eigenvalue weighted by Crippen LogP contribution is 2.32. The van der Waals surface area contributed by atoms with Crippen LogP contribution < -0.4 is 5.32 Å². The molecule has 1 aromatic heterocycles. The maximum atomic E-state index is 6.12. The minimum atomic E-state index is 0.498. The first-order valence-corrected chi connectivity index (χ1v) is 7.95. The summed E-state index contributed by atoms with van der Waals surface area (Å²) < 4.78 is 6.12. The van der Waals surface area contributed by atoms with Crippen LogP contribution in [0.1, 0.15) is 38.0 Å². The molecule has 0 amide bonds. The van der Waals surface area contributed by atoms with E-state index in [0.29, 0.717) is 5.41 Å². The van der Waals surface area contributed by atoms with Crippen LogP contribution in [0.5, 0.6) is 0 Å². The Labute approximate surface area is 127 Å². The van der Waals surface area contributed by atoms with Crippen LogP contribution in [-0.2, 0) is 13.1 Å². The summed E-state index contributed by atoms with van der Waals surface area (Å²) in [7, 11) is 2.00. The molecule has 0 saturated carbocycles. The molecule has 3 nitrogen and oxygen atoms in total. The van der Waals surface area contributed by atoms with Crippen molar-refractivity contribution in [1.29, 1.82) is 0 Å². The molecular weight excluding hydrogens is 260 g/mol. The Bertz CT molecular complexity index is 605. The third-order valence-corrected chi connectivity index (χ3v) is 4.71. The summed E-state index contributed by atoms with van der Waals surface area (Å²) in [5.74, 6) is 1.13. The van der Waals surface area contributed by atoms with Gasteiger partial charge in [0.25, 0.3) is 0 Å². The first-order chi connectivity index (χ1) is 10.1. The van der Waals surface area contributed by atoms with Crippen molar-refractivity contribution in [2.75, 3.05) is 20.1 Å². The Morgan fingerprint density at radius 1 is 1.19 bits per heavy atom. The van der Waals surface area contributed by atoms with Gasteiger partial charge < -0.3 is 9.73 Å². The van der Waals surface area contributed by atoms with Gasteiger partial charge in [-0.05, 0) is 44.5 Å². The predicted octanol–water partition coefficient (Wildman–Crippen LogP) is 3.77. The lowest BCUT2D eigenvalue weighted by Gasteiger charge is -2.36. The van der Waals surface area contributed by atoms with Gasteiger partial charge >= 0.3 is 0 Å². The van der Waals surface area contributed by atoms with E-state index in [1.807, 2.05) is 13.1 Å². The number of nitrogens with zero attached hydrogens (tertiary/aromatic N) is 1. The lowest BCUT2D eigenvalue weighted by molar-refractivity contribution is 0.120. The Morgan fingerprint density at radius 2 is 1.90 bits per heavy atom. The zero-order valence-electron chi connectivity index (χ0n) is 13.4. The topological polar surface area (TPSA) is 28.4 Å². The summed E-state index contributed by atoms with van der Waals surface area (Å²) >= 11 is 0. The number of nitrogens with one attached hydrogen (secondary N) is 1. The second kappa shape index (κ2) is 5.82. The van der Waals surface area contributed by atoms with Crippen molar-refractivity contribution in [2.24, 2.45) is 5.41 Å². The molecule has 1 aliphatic heterocycles. The monoisotopic (exact) mass is 286 g/mol. The summed E-state index contributed by atoms with van der Waals surface area (Å²) in [5, 5.41) is 4.52. The van der Waals surface area contributed by atoms with Crippen molar-refractivity contribution in [1.82, 2.24) is 10.2 Å². The average molecular weight is 286 g/mol. The molecule has 0 atom stereocenters. The molecule has 2 aromatic rings. The second-order valence-electron chi connectivity index (χ2n) is 6.97. The largest absolute Gasteiger partial charge is 0.459 e. The van der Waals surface area contributed by atoms with Gasteiger partial charge in [-0.3, -0.25) is 4.90 Å². The van der Waals surface area contributed by atoms with E-state index in [1.54, 1.807) is 0 Å². The molecule has 3 heteroatoms. The lowest BCUT2D eigenvalue weighted by atomic mass is 9.82. The standard InChI is InChI=1S/C18H26N2O/c1-18(2)8-10-20(11-9-18)13-17-15(12-19-3)14-6-4-5-7-16(14)21-17/h4-7,19H,8-13H2,1-3H3. The van der Waals surface area contributed by atoms with Crippen LogP contribution in [0.4, 0.5) is 0 Å². The highest BCUT2D eigenvalue weighted by molar-refractivity contribution is 5.82. The van der Waals surface area contributed by atoms with Gasteiger partial charge in [0.2, 0.25) is 0 Å². The number of hydrogen-bond acceptors (Lipinski definition) is 3. The first-order valence-electron chi connectivity index (χ1n) is 7.95. The summed E-state index contributed by atoms with van der Waals surface area (Å²) in [4.78, 5) is 2.53. The zero-order chi connectivity index (χ0) is 14.9. The number of likely N-dealkylation sites (tertiary alicyclic amines) is 1. The van der Waals surface area contributed by atoms with Crippen molar-refractivity contribution in [3.8, 4) is 0 Å². The molecule has 1 N–H and O–H groups in total. The molecule has 0 bridgehead atoms. The first kappa shape index (κ1) is 14.6. The number of furan rings is 1. The highest BCUT2D eigenvalue weighted by atomic mass is 16.3. The molecule has 0 radical (unpaired) electrons. The zero-order valence-corrected chi connectivity index (χ0v) is 13.4. The van der Waals surface area contributed by atoms with Gasteiger partial charge in [0, 0.05) is 17.5 Å². The minimum absolute atomic E-state index is 0.498. The van der Waals surface area contributed by atoms with Crippen LogP contribution in [0.15, 0.2) is 28.7 Å². The molecule has 1 fully saturated rings. The van der Waals surface area contributed by atoms with Crippen molar-refractivity contribution in [2.45, 2.75) is 39.8 Å². The number of rotatable bonds is 4. The Balaban J connectivity index is 1.82. The number of benzene rings is 1. The molecule has 3 rings (SSSR count). The molecule has 0 aliphatic carbocycles. The Morgan fingerprint density at radius 3 is 2.62 bits per heavy atom. The molecule has 0 spiro atoms. The van der Waals surface area contributed by atoms with E-state index < -0.39 is 0 Å². The van der Waals surface area contributed by atoms with E-state index in [-0.39, 0.29) is 0 Å². The van der Waals surface area contributed by atoms with Gasteiger partial charge in [-0.15, -0.1) is 0 Å². The van der Waals surface area contributed by atoms with E-state index in [0.717, 1.165) is 24.4 Å². The van der Waals surface area contributed by atoms with Crippen molar-refractivity contribution >= 4 is 11.0 Å². The average Bonchev–Trinajstić information content (AvgIpc) is 2.80. The van der Waals surface area contributed by atoms with Gasteiger partial charge in [0.05, 0.1) is 6.54 Å². The number of fused-ring (bicyclic) bond motifs is 1. The number of para-hydroxylation sites is 1. The highest BCUT2D eigenvalue weighted by Gasteiger charge is 2.26. The minimum Gasteiger partial charge on any atom is -0.459 e. The van der Waals surface area contributed by atoms with Crippen molar-refractivity contribution < 1.29 is 4.42 Å². The van der Waals surface area contributed by atoms with Crippen LogP contribution >= 0.6 is 0 Å². The summed E-state index contributed by atoms with van der Waals surface area (Å²) in [6, 6.07) is 8.36. The molecule has 2 heterocycles. The van der Waals surface area contributed by atoms with E-state index in [1.165, 1.54) is 36.9 Å². The van der Waals surface area contributed by atoms with Crippen LogP contribution in [0, 0.1) is 5.41 Å². The van der Waals surface area contributed by atoms with E-state index in [4.69, 9.17) is 4.42 Å². The molecule has 0 unspecified atom stereocenters. The fraction of sp³-hybridized carbons (Fsp3) is 0.556. The molecule has 1 aliphatic rings. The van der Waals surface area contributed by atoms with E-state index >= 15 is 0 Å². The molecule has 21 heavy (non-hydrogen) atoms. The van der Waals surface area contributed by atoms with E-state index in [2.05, 4.69) is 42.3 Å². The normalized spacial score (nSPS) is 19.2. The summed E-state index contributed by atoms with van der Waals surface area (Å²) in [6.07, 6.45) is 2.54. The number of piperidine rings is 1. The molecule has 1 aromatic carbocycles. The Hall–Kier alpha value is -1.32. The smallest absolute Gasteiger partial charge is 0.134 e. The number of hydrogen-bond donors (Lipinski definition) is 1. The van der Waals surface area contributed by atoms with Gasteiger partial charge in [0.1, 0.15) is 11.3 Å². The van der Waals surface area contributed by atoms with Crippen molar-refractivity contribution in [3.63, 3.8) is 0 Å². The molecule has 1 saturated heterocycles. The molecule has 114 valence electrons. The van der Waals surface area contributed by atoms with Gasteiger partial charge in [-0.25, -0.2) is 0 Å². The maximum absolute atomic E-state index is 6.12. The maximum Gasteiger partial charge on any atom is 0.134 e. The fourth-order valence-electron chi connectivity index (χ4n) is 3.17. The molecular formula is C18H26N2O. The fourth-order valence-corrected chi connectivity index (χ4v) is 3.17.